The maximum atomic E-state index is 12.8. The van der Waals surface area contributed by atoms with E-state index >= 15 is 0 Å². The highest BCUT2D eigenvalue weighted by molar-refractivity contribution is 6.01. The van der Waals surface area contributed by atoms with Gasteiger partial charge in [0.2, 0.25) is 0 Å². The monoisotopic (exact) mass is 486 g/mol. The Morgan fingerprint density at radius 3 is 2.72 bits per heavy atom. The lowest BCUT2D eigenvalue weighted by Gasteiger charge is -2.46. The van der Waals surface area contributed by atoms with E-state index < -0.39 is 5.60 Å². The molecule has 4 aromatic rings. The number of amides is 1. The lowest BCUT2D eigenvalue weighted by atomic mass is 10.0. The molecule has 0 saturated carbocycles. The highest BCUT2D eigenvalue weighted by Crippen LogP contribution is 2.38. The van der Waals surface area contributed by atoms with Crippen molar-refractivity contribution in [2.75, 3.05) is 18.0 Å². The van der Waals surface area contributed by atoms with E-state index in [-0.39, 0.29) is 18.0 Å². The van der Waals surface area contributed by atoms with Gasteiger partial charge in [0.15, 0.2) is 17.8 Å². The number of nitrogens with zero attached hydrogens (tertiary/aromatic N) is 8. The molecule has 11 nitrogen and oxygen atoms in total. The number of piperazine rings is 1. The molecular weight excluding hydrogens is 460 g/mol. The van der Waals surface area contributed by atoms with Gasteiger partial charge in [-0.25, -0.2) is 19.9 Å². The van der Waals surface area contributed by atoms with E-state index in [9.17, 15) is 15.2 Å². The summed E-state index contributed by atoms with van der Waals surface area (Å²) in [7, 11) is 0. The van der Waals surface area contributed by atoms with Crippen LogP contribution in [0.2, 0.25) is 0 Å². The lowest BCUT2D eigenvalue weighted by Crippen LogP contribution is -2.61. The van der Waals surface area contributed by atoms with Crippen LogP contribution in [0.1, 0.15) is 33.3 Å². The zero-order valence-electron chi connectivity index (χ0n) is 20.5. The van der Waals surface area contributed by atoms with Crippen LogP contribution < -0.4 is 4.90 Å². The third kappa shape index (κ3) is 3.95. The zero-order chi connectivity index (χ0) is 25.6. The Bertz CT molecular complexity index is 1460. The van der Waals surface area contributed by atoms with Crippen LogP contribution >= 0.6 is 0 Å². The van der Waals surface area contributed by atoms with Crippen LogP contribution in [0.15, 0.2) is 47.9 Å². The first kappa shape index (κ1) is 23.4. The summed E-state index contributed by atoms with van der Waals surface area (Å²) in [6, 6.07) is 5.24. The third-order valence-electron chi connectivity index (χ3n) is 6.42. The zero-order valence-corrected chi connectivity index (χ0v) is 20.5. The van der Waals surface area contributed by atoms with Gasteiger partial charge in [0.25, 0.3) is 5.91 Å². The molecule has 1 fully saturated rings. The molecule has 0 spiro atoms. The van der Waals surface area contributed by atoms with E-state index in [2.05, 4.69) is 30.9 Å². The minimum absolute atomic E-state index is 0.0865. The molecule has 36 heavy (non-hydrogen) atoms. The number of oxazole rings is 1. The predicted octanol–water partition coefficient (Wildman–Crippen LogP) is 2.54. The van der Waals surface area contributed by atoms with Crippen LogP contribution in [0.4, 0.5) is 5.82 Å². The summed E-state index contributed by atoms with van der Waals surface area (Å²) in [5, 5.41) is 20.4. The van der Waals surface area contributed by atoms with Gasteiger partial charge >= 0.3 is 0 Å². The minimum atomic E-state index is -1.44. The Hall–Kier alpha value is -4.30. The molecule has 2 atom stereocenters. The summed E-state index contributed by atoms with van der Waals surface area (Å²) in [6.45, 7) is 7.94. The maximum absolute atomic E-state index is 12.8. The normalized spacial score (nSPS) is 18.4. The number of carbonyl (C=O) groups excluding carboxylic acids is 1. The van der Waals surface area contributed by atoms with Crippen molar-refractivity contribution in [1.82, 2.24) is 29.4 Å². The van der Waals surface area contributed by atoms with Crippen LogP contribution in [-0.2, 0) is 4.79 Å². The molecule has 5 heterocycles. The van der Waals surface area contributed by atoms with Crippen LogP contribution in [0.3, 0.4) is 0 Å². The van der Waals surface area contributed by atoms with Gasteiger partial charge in [-0.15, -0.1) is 0 Å². The Labute approximate surface area is 207 Å². The molecular formula is C25H26N8O3. The minimum Gasteiger partial charge on any atom is -0.443 e. The molecule has 0 aromatic carbocycles. The number of pyridine rings is 1. The number of hydrogen-bond donors (Lipinski definition) is 1. The molecule has 184 valence electrons. The molecule has 5 rings (SSSR count). The molecule has 0 aliphatic carbocycles. The quantitative estimate of drug-likeness (QED) is 0.461. The Kier molecular flexibility index (Phi) is 5.68. The number of nitriles is 1. The summed E-state index contributed by atoms with van der Waals surface area (Å²) >= 11 is 0. The second-order valence-electron chi connectivity index (χ2n) is 9.56. The predicted molar refractivity (Wildman–Crippen MR) is 131 cm³/mol. The summed E-state index contributed by atoms with van der Waals surface area (Å²) in [6.07, 6.45) is 7.93. The number of hydrogen-bond acceptors (Lipinski definition) is 9. The molecule has 1 amide bonds. The van der Waals surface area contributed by atoms with Gasteiger partial charge in [0, 0.05) is 37.6 Å². The molecule has 1 N–H and O–H groups in total. The first-order chi connectivity index (χ1) is 17.2. The Morgan fingerprint density at radius 2 is 2.03 bits per heavy atom. The summed E-state index contributed by atoms with van der Waals surface area (Å²) in [5.74, 6) is 1.47. The Morgan fingerprint density at radius 1 is 1.22 bits per heavy atom. The Balaban J connectivity index is 1.64. The van der Waals surface area contributed by atoms with Crippen molar-refractivity contribution >= 4 is 22.8 Å². The van der Waals surface area contributed by atoms with Crippen molar-refractivity contribution in [2.45, 2.75) is 45.4 Å². The van der Waals surface area contributed by atoms with Crippen molar-refractivity contribution in [3.8, 4) is 23.2 Å². The maximum Gasteiger partial charge on any atom is 0.254 e. The SMILES string of the molecule is C[C@@H]1CN(c2ncnc3c2c(-c2cnco2)cn3-c2cc(C#N)ccn2)[C@@H](C)CN1C(=O)C(C)(C)O. The molecule has 4 aromatic heterocycles. The average Bonchev–Trinajstić information content (AvgIpc) is 3.52. The molecule has 1 aliphatic rings. The second kappa shape index (κ2) is 8.73. The van der Waals surface area contributed by atoms with Gasteiger partial charge in [-0.1, -0.05) is 0 Å². The summed E-state index contributed by atoms with van der Waals surface area (Å²) < 4.78 is 7.45. The van der Waals surface area contributed by atoms with Gasteiger partial charge in [-0.05, 0) is 39.8 Å². The molecule has 0 bridgehead atoms. The topological polar surface area (TPSA) is 137 Å². The molecule has 0 unspecified atom stereocenters. The van der Waals surface area contributed by atoms with E-state index in [0.29, 0.717) is 41.7 Å². The van der Waals surface area contributed by atoms with Crippen molar-refractivity contribution in [2.24, 2.45) is 0 Å². The van der Waals surface area contributed by atoms with E-state index in [4.69, 9.17) is 4.42 Å². The number of anilines is 1. The lowest BCUT2D eigenvalue weighted by molar-refractivity contribution is -0.151. The first-order valence-corrected chi connectivity index (χ1v) is 11.6. The van der Waals surface area contributed by atoms with E-state index in [1.807, 2.05) is 20.0 Å². The number of carbonyl (C=O) groups is 1. The van der Waals surface area contributed by atoms with Crippen molar-refractivity contribution in [3.63, 3.8) is 0 Å². The van der Waals surface area contributed by atoms with Crippen LogP contribution in [0, 0.1) is 11.3 Å². The molecule has 11 heteroatoms. The number of aliphatic hydroxyl groups is 1. The van der Waals surface area contributed by atoms with Crippen LogP contribution in [0.5, 0.6) is 0 Å². The average molecular weight is 487 g/mol. The summed E-state index contributed by atoms with van der Waals surface area (Å²) in [4.78, 5) is 34.4. The number of rotatable bonds is 4. The van der Waals surface area contributed by atoms with E-state index in [1.54, 1.807) is 34.0 Å². The van der Waals surface area contributed by atoms with Crippen molar-refractivity contribution in [1.29, 1.82) is 5.26 Å². The van der Waals surface area contributed by atoms with E-state index in [1.165, 1.54) is 26.6 Å². The van der Waals surface area contributed by atoms with Crippen LogP contribution in [0.25, 0.3) is 28.2 Å². The third-order valence-corrected chi connectivity index (χ3v) is 6.42. The molecule has 1 saturated heterocycles. The number of fused-ring (bicyclic) bond motifs is 1. The molecule has 1 aliphatic heterocycles. The number of aromatic nitrogens is 5. The van der Waals surface area contributed by atoms with Crippen LogP contribution in [-0.4, -0.2) is 71.2 Å². The first-order valence-electron chi connectivity index (χ1n) is 11.6. The fraction of sp³-hybridized carbons (Fsp3) is 0.360. The standard InChI is InChI=1S/C25H26N8O3/c1-15-11-32(24(34)25(3,4)35)16(2)10-31(15)22-21-18(19-9-27-14-36-19)12-33(23(21)30-13-29-22)20-7-17(8-26)5-6-28-20/h5-7,9,12-16,35H,10-11H2,1-4H3/t15-,16+/m0/s1. The van der Waals surface area contributed by atoms with Crippen molar-refractivity contribution < 1.29 is 14.3 Å². The fourth-order valence-electron chi connectivity index (χ4n) is 4.65. The fourth-order valence-corrected chi connectivity index (χ4v) is 4.65. The smallest absolute Gasteiger partial charge is 0.254 e. The summed E-state index contributed by atoms with van der Waals surface area (Å²) in [5.41, 5.74) is 0.369. The van der Waals surface area contributed by atoms with E-state index in [0.717, 1.165) is 10.9 Å². The van der Waals surface area contributed by atoms with Gasteiger partial charge in [-0.3, -0.25) is 9.36 Å². The van der Waals surface area contributed by atoms with Gasteiger partial charge in [0.05, 0.1) is 28.8 Å². The van der Waals surface area contributed by atoms with Gasteiger partial charge in [0.1, 0.15) is 23.6 Å². The second-order valence-corrected chi connectivity index (χ2v) is 9.56. The van der Waals surface area contributed by atoms with Gasteiger partial charge in [-0.2, -0.15) is 5.26 Å². The largest absolute Gasteiger partial charge is 0.443 e. The van der Waals surface area contributed by atoms with Crippen molar-refractivity contribution in [3.05, 3.63) is 49.0 Å². The van der Waals surface area contributed by atoms with Gasteiger partial charge < -0.3 is 19.3 Å². The highest BCUT2D eigenvalue weighted by atomic mass is 16.3. The highest BCUT2D eigenvalue weighted by Gasteiger charge is 2.39. The molecule has 0 radical (unpaired) electrons.